The molecule has 2 aromatic carbocycles. The van der Waals surface area contributed by atoms with Gasteiger partial charge in [0.1, 0.15) is 11.5 Å². The van der Waals surface area contributed by atoms with Crippen molar-refractivity contribution < 1.29 is 23.8 Å². The van der Waals surface area contributed by atoms with Gasteiger partial charge in [0.25, 0.3) is 0 Å². The Balaban J connectivity index is 2.48. The summed E-state index contributed by atoms with van der Waals surface area (Å²) in [6.45, 7) is 0. The molecule has 5 heteroatoms. The first kappa shape index (κ1) is 17.3. The molecule has 124 valence electrons. The summed E-state index contributed by atoms with van der Waals surface area (Å²) in [4.78, 5) is 10.6. The number of carboxylic acid groups (broad SMARTS) is 1. The molecule has 0 aliphatic carbocycles. The van der Waals surface area contributed by atoms with E-state index in [-0.39, 0.29) is 0 Å². The molecule has 0 spiro atoms. The molecule has 0 fully saturated rings. The zero-order valence-electron chi connectivity index (χ0n) is 13.3. The molecule has 0 aromatic heterocycles. The third kappa shape index (κ3) is 4.23. The lowest BCUT2D eigenvalue weighted by atomic mass is 9.97. The Morgan fingerprint density at radius 2 is 1.29 bits per heavy atom. The van der Waals surface area contributed by atoms with Gasteiger partial charge in [-0.2, -0.15) is 4.39 Å². The molecule has 2 aromatic rings. The molecule has 24 heavy (non-hydrogen) atoms. The largest absolute Gasteiger partial charge is 0.497 e. The summed E-state index contributed by atoms with van der Waals surface area (Å²) < 4.78 is 23.6. The van der Waals surface area contributed by atoms with Crippen LogP contribution in [-0.4, -0.2) is 25.3 Å². The number of rotatable bonds is 6. The number of hydrogen-bond donors (Lipinski definition) is 1. The average Bonchev–Trinajstić information content (AvgIpc) is 2.62. The van der Waals surface area contributed by atoms with Crippen molar-refractivity contribution in [3.05, 3.63) is 77.6 Å². The van der Waals surface area contributed by atoms with Gasteiger partial charge in [-0.25, -0.2) is 4.79 Å². The average molecular weight is 328 g/mol. The van der Waals surface area contributed by atoms with Crippen LogP contribution in [0.5, 0.6) is 11.5 Å². The molecule has 0 aliphatic rings. The zero-order chi connectivity index (χ0) is 17.5. The first-order chi connectivity index (χ1) is 11.5. The molecule has 4 nitrogen and oxygen atoms in total. The summed E-state index contributed by atoms with van der Waals surface area (Å²) >= 11 is 0. The van der Waals surface area contributed by atoms with Gasteiger partial charge in [0.2, 0.25) is 5.83 Å². The third-order valence-corrected chi connectivity index (χ3v) is 3.40. The van der Waals surface area contributed by atoms with Gasteiger partial charge >= 0.3 is 5.97 Å². The summed E-state index contributed by atoms with van der Waals surface area (Å²) in [5.41, 5.74) is 2.28. The van der Waals surface area contributed by atoms with E-state index in [1.54, 1.807) is 38.5 Å². The molecule has 0 aliphatic heterocycles. The highest BCUT2D eigenvalue weighted by atomic mass is 19.1. The van der Waals surface area contributed by atoms with Crippen LogP contribution >= 0.6 is 0 Å². The van der Waals surface area contributed by atoms with E-state index in [9.17, 15) is 9.18 Å². The maximum Gasteiger partial charge on any atom is 0.364 e. The lowest BCUT2D eigenvalue weighted by Gasteiger charge is -2.10. The summed E-state index contributed by atoms with van der Waals surface area (Å²) in [6, 6.07) is 14.4. The van der Waals surface area contributed by atoms with E-state index < -0.39 is 11.8 Å². The minimum atomic E-state index is -1.60. The molecule has 0 amide bonds. The summed E-state index contributed by atoms with van der Waals surface area (Å²) in [5, 5.41) is 8.67. The van der Waals surface area contributed by atoms with Crippen molar-refractivity contribution in [1.29, 1.82) is 0 Å². The lowest BCUT2D eigenvalue weighted by molar-refractivity contribution is -0.134. The van der Waals surface area contributed by atoms with Crippen LogP contribution in [0, 0.1) is 0 Å². The smallest absolute Gasteiger partial charge is 0.364 e. The van der Waals surface area contributed by atoms with Crippen LogP contribution in [0.25, 0.3) is 5.57 Å². The minimum absolute atomic E-state index is 0.678. The van der Waals surface area contributed by atoms with Crippen molar-refractivity contribution in [3.63, 3.8) is 0 Å². The number of benzene rings is 2. The SMILES string of the molecule is COc1ccc(C(=C/C=C(/F)C(=O)O)c2ccc(OC)cc2)cc1. The van der Waals surface area contributed by atoms with Crippen LogP contribution in [0.15, 0.2) is 66.5 Å². The Morgan fingerprint density at radius 3 is 1.62 bits per heavy atom. The summed E-state index contributed by atoms with van der Waals surface area (Å²) in [5.74, 6) is -1.44. The molecule has 0 heterocycles. The molecule has 0 saturated heterocycles. The molecule has 2 rings (SSSR count). The van der Waals surface area contributed by atoms with Crippen LogP contribution in [0.4, 0.5) is 4.39 Å². The van der Waals surface area contributed by atoms with Crippen molar-refractivity contribution in [2.24, 2.45) is 0 Å². The Bertz CT molecular complexity index is 709. The van der Waals surface area contributed by atoms with Gasteiger partial charge in [0, 0.05) is 0 Å². The molecule has 0 atom stereocenters. The van der Waals surface area contributed by atoms with Gasteiger partial charge in [0.15, 0.2) is 0 Å². The molecular weight excluding hydrogens is 311 g/mol. The van der Waals surface area contributed by atoms with E-state index in [1.807, 2.05) is 24.3 Å². The monoisotopic (exact) mass is 328 g/mol. The molecule has 0 bridgehead atoms. The fraction of sp³-hybridized carbons (Fsp3) is 0.105. The zero-order valence-corrected chi connectivity index (χ0v) is 13.3. The van der Waals surface area contributed by atoms with E-state index in [0.29, 0.717) is 17.1 Å². The van der Waals surface area contributed by atoms with Crippen molar-refractivity contribution in [2.45, 2.75) is 0 Å². The van der Waals surface area contributed by atoms with E-state index in [0.717, 1.165) is 17.2 Å². The van der Waals surface area contributed by atoms with E-state index in [4.69, 9.17) is 14.6 Å². The maximum absolute atomic E-state index is 13.3. The number of aliphatic carboxylic acids is 1. The summed E-state index contributed by atoms with van der Waals surface area (Å²) in [7, 11) is 3.14. The third-order valence-electron chi connectivity index (χ3n) is 3.40. The van der Waals surface area contributed by atoms with Crippen LogP contribution in [0.2, 0.25) is 0 Å². The highest BCUT2D eigenvalue weighted by Gasteiger charge is 2.08. The topological polar surface area (TPSA) is 55.8 Å². The van der Waals surface area contributed by atoms with E-state index in [1.165, 1.54) is 6.08 Å². The van der Waals surface area contributed by atoms with E-state index >= 15 is 0 Å². The number of carbonyl (C=O) groups is 1. The molecule has 0 radical (unpaired) electrons. The first-order valence-corrected chi connectivity index (χ1v) is 7.14. The second-order valence-electron chi connectivity index (χ2n) is 4.86. The molecular formula is C19H17FO4. The van der Waals surface area contributed by atoms with Gasteiger partial charge in [-0.1, -0.05) is 30.3 Å². The highest BCUT2D eigenvalue weighted by molar-refractivity contribution is 5.86. The quantitative estimate of drug-likeness (QED) is 0.641. The predicted octanol–water partition coefficient (Wildman–Crippen LogP) is 4.07. The van der Waals surface area contributed by atoms with Crippen molar-refractivity contribution in [3.8, 4) is 11.5 Å². The fourth-order valence-electron chi connectivity index (χ4n) is 2.13. The van der Waals surface area contributed by atoms with Gasteiger partial charge in [0.05, 0.1) is 14.2 Å². The number of allylic oxidation sites excluding steroid dienone is 2. The molecule has 0 saturated carbocycles. The molecule has 0 unspecified atom stereocenters. The first-order valence-electron chi connectivity index (χ1n) is 7.14. The highest BCUT2D eigenvalue weighted by Crippen LogP contribution is 2.27. The second-order valence-corrected chi connectivity index (χ2v) is 4.86. The lowest BCUT2D eigenvalue weighted by Crippen LogP contribution is -1.94. The summed E-state index contributed by atoms with van der Waals surface area (Å²) in [6.07, 6.45) is 2.37. The maximum atomic E-state index is 13.3. The van der Waals surface area contributed by atoms with Crippen LogP contribution in [0.1, 0.15) is 11.1 Å². The molecule has 1 N–H and O–H groups in total. The van der Waals surface area contributed by atoms with Crippen LogP contribution in [-0.2, 0) is 4.79 Å². The predicted molar refractivity (Wildman–Crippen MR) is 89.9 cm³/mol. The van der Waals surface area contributed by atoms with Gasteiger partial charge in [-0.05, 0) is 47.0 Å². The fourth-order valence-corrected chi connectivity index (χ4v) is 2.13. The Morgan fingerprint density at radius 1 is 0.875 bits per heavy atom. The normalized spacial score (nSPS) is 10.9. The van der Waals surface area contributed by atoms with Crippen molar-refractivity contribution in [1.82, 2.24) is 0 Å². The Kier molecular flexibility index (Phi) is 5.73. The number of hydrogen-bond acceptors (Lipinski definition) is 3. The van der Waals surface area contributed by atoms with Crippen molar-refractivity contribution in [2.75, 3.05) is 14.2 Å². The van der Waals surface area contributed by atoms with Crippen LogP contribution in [0.3, 0.4) is 0 Å². The Labute approximate surface area is 139 Å². The second kappa shape index (κ2) is 7.97. The number of carboxylic acids is 1. The number of methoxy groups -OCH3 is 2. The Hall–Kier alpha value is -3.08. The van der Waals surface area contributed by atoms with Gasteiger partial charge < -0.3 is 14.6 Å². The standard InChI is InChI=1S/C19H17FO4/c1-23-15-7-3-13(4-8-15)17(11-12-18(20)19(21)22)14-5-9-16(24-2)10-6-14/h3-12H,1-2H3,(H,21,22)/b18-12+. The van der Waals surface area contributed by atoms with Gasteiger partial charge in [-0.3, -0.25) is 0 Å². The number of halogens is 1. The van der Waals surface area contributed by atoms with Crippen LogP contribution < -0.4 is 9.47 Å². The number of ether oxygens (including phenoxy) is 2. The minimum Gasteiger partial charge on any atom is -0.497 e. The van der Waals surface area contributed by atoms with E-state index in [2.05, 4.69) is 0 Å². The van der Waals surface area contributed by atoms with Crippen molar-refractivity contribution >= 4 is 11.5 Å². The van der Waals surface area contributed by atoms with Gasteiger partial charge in [-0.15, -0.1) is 0 Å².